The van der Waals surface area contributed by atoms with Crippen molar-refractivity contribution in [3.63, 3.8) is 0 Å². The Balaban J connectivity index is 1.92. The molecule has 7 heteroatoms. The molecule has 174 valence electrons. The average molecular weight is 466 g/mol. The van der Waals surface area contributed by atoms with Crippen LogP contribution < -0.4 is 9.47 Å². The van der Waals surface area contributed by atoms with Crippen molar-refractivity contribution in [2.24, 2.45) is 0 Å². The molecule has 0 atom stereocenters. The Labute approximate surface area is 194 Å². The molecule has 0 radical (unpaired) electrons. The standard InChI is InChI=1S/C27H21F3O4/c1-14(2)26(31)33-18-7-9-20(22(28)13-18)17-6-8-19(16(5)12-17)21-10-11-23(25(30)24(21)29)34-27(32)15(3)4/h6-13H,1,3H2,2,4-5H3. The van der Waals surface area contributed by atoms with Crippen molar-refractivity contribution >= 4 is 11.9 Å². The van der Waals surface area contributed by atoms with Crippen molar-refractivity contribution in [3.8, 4) is 33.8 Å². The van der Waals surface area contributed by atoms with Crippen LogP contribution >= 0.6 is 0 Å². The molecule has 0 bridgehead atoms. The molecule has 3 aromatic rings. The van der Waals surface area contributed by atoms with E-state index in [1.807, 2.05) is 0 Å². The van der Waals surface area contributed by atoms with Crippen LogP contribution in [0.15, 0.2) is 72.8 Å². The highest BCUT2D eigenvalue weighted by Crippen LogP contribution is 2.35. The molecule has 0 saturated carbocycles. The van der Waals surface area contributed by atoms with E-state index in [2.05, 4.69) is 13.2 Å². The van der Waals surface area contributed by atoms with Crippen LogP contribution in [0.1, 0.15) is 19.4 Å². The third kappa shape index (κ3) is 5.09. The highest BCUT2D eigenvalue weighted by Gasteiger charge is 2.20. The first-order valence-corrected chi connectivity index (χ1v) is 10.1. The number of esters is 2. The van der Waals surface area contributed by atoms with Gasteiger partial charge in [0, 0.05) is 28.3 Å². The molecule has 0 aliphatic carbocycles. The van der Waals surface area contributed by atoms with Gasteiger partial charge >= 0.3 is 11.9 Å². The Morgan fingerprint density at radius 1 is 0.735 bits per heavy atom. The van der Waals surface area contributed by atoms with Gasteiger partial charge in [-0.2, -0.15) is 4.39 Å². The zero-order valence-electron chi connectivity index (χ0n) is 18.8. The van der Waals surface area contributed by atoms with E-state index in [1.165, 1.54) is 38.1 Å². The molecule has 0 fully saturated rings. The minimum atomic E-state index is -1.30. The fraction of sp³-hybridized carbons (Fsp3) is 0.111. The van der Waals surface area contributed by atoms with Gasteiger partial charge in [-0.25, -0.2) is 18.4 Å². The smallest absolute Gasteiger partial charge is 0.338 e. The fourth-order valence-corrected chi connectivity index (χ4v) is 3.13. The Morgan fingerprint density at radius 2 is 1.32 bits per heavy atom. The molecule has 0 N–H and O–H groups in total. The predicted molar refractivity (Wildman–Crippen MR) is 123 cm³/mol. The number of halogens is 3. The molecule has 34 heavy (non-hydrogen) atoms. The molecule has 0 heterocycles. The summed E-state index contributed by atoms with van der Waals surface area (Å²) in [6, 6.07) is 11.2. The molecule has 0 saturated heterocycles. The van der Waals surface area contributed by atoms with E-state index in [4.69, 9.17) is 9.47 Å². The number of aryl methyl sites for hydroxylation is 1. The van der Waals surface area contributed by atoms with Crippen LogP contribution in [0, 0.1) is 24.4 Å². The first-order valence-electron chi connectivity index (χ1n) is 10.1. The zero-order valence-corrected chi connectivity index (χ0v) is 18.8. The highest BCUT2D eigenvalue weighted by molar-refractivity contribution is 5.89. The first kappa shape index (κ1) is 24.5. The lowest BCUT2D eigenvalue weighted by Crippen LogP contribution is -2.10. The SMILES string of the molecule is C=C(C)C(=O)Oc1ccc(-c2ccc(-c3ccc(OC(=O)C(=C)C)c(F)c3F)c(C)c2)c(F)c1. The topological polar surface area (TPSA) is 52.6 Å². The van der Waals surface area contributed by atoms with Crippen molar-refractivity contribution < 1.29 is 32.2 Å². The number of carbonyl (C=O) groups is 2. The predicted octanol–water partition coefficient (Wildman–Crippen LogP) is 6.71. The van der Waals surface area contributed by atoms with Crippen LogP contribution in [0.25, 0.3) is 22.3 Å². The quantitative estimate of drug-likeness (QED) is 0.230. The molecule has 0 unspecified atom stereocenters. The molecular formula is C27H21F3O4. The molecule has 4 nitrogen and oxygen atoms in total. The van der Waals surface area contributed by atoms with Gasteiger partial charge in [0.2, 0.25) is 5.82 Å². The summed E-state index contributed by atoms with van der Waals surface area (Å²) in [6.07, 6.45) is 0. The minimum absolute atomic E-state index is 0.0348. The van der Waals surface area contributed by atoms with E-state index in [0.29, 0.717) is 16.7 Å². The van der Waals surface area contributed by atoms with E-state index in [9.17, 15) is 22.8 Å². The van der Waals surface area contributed by atoms with Crippen LogP contribution in [0.3, 0.4) is 0 Å². The number of carbonyl (C=O) groups excluding carboxylic acids is 2. The van der Waals surface area contributed by atoms with E-state index in [0.717, 1.165) is 12.1 Å². The molecule has 0 aromatic heterocycles. The van der Waals surface area contributed by atoms with Gasteiger partial charge in [-0.05, 0) is 61.7 Å². The second-order valence-electron chi connectivity index (χ2n) is 7.75. The van der Waals surface area contributed by atoms with Crippen LogP contribution in [0.5, 0.6) is 11.5 Å². The summed E-state index contributed by atoms with van der Waals surface area (Å²) in [5.41, 5.74) is 1.85. The maximum absolute atomic E-state index is 14.8. The summed E-state index contributed by atoms with van der Waals surface area (Å²) >= 11 is 0. The molecule has 3 rings (SSSR count). The van der Waals surface area contributed by atoms with Gasteiger partial charge in [-0.3, -0.25) is 0 Å². The van der Waals surface area contributed by atoms with Crippen LogP contribution in [0.2, 0.25) is 0 Å². The second kappa shape index (κ2) is 9.79. The Morgan fingerprint density at radius 3 is 1.91 bits per heavy atom. The number of hydrogen-bond donors (Lipinski definition) is 0. The average Bonchev–Trinajstić information content (AvgIpc) is 2.77. The number of benzene rings is 3. The summed E-state index contributed by atoms with van der Waals surface area (Å²) in [7, 11) is 0. The summed E-state index contributed by atoms with van der Waals surface area (Å²) in [4.78, 5) is 23.2. The van der Waals surface area contributed by atoms with Gasteiger partial charge in [-0.1, -0.05) is 31.4 Å². The van der Waals surface area contributed by atoms with Gasteiger partial charge in [-0.15, -0.1) is 0 Å². The van der Waals surface area contributed by atoms with Crippen LogP contribution in [-0.2, 0) is 9.59 Å². The van der Waals surface area contributed by atoms with Crippen LogP contribution in [-0.4, -0.2) is 11.9 Å². The van der Waals surface area contributed by atoms with Gasteiger partial charge in [0.25, 0.3) is 0 Å². The highest BCUT2D eigenvalue weighted by atomic mass is 19.2. The van der Waals surface area contributed by atoms with E-state index in [1.54, 1.807) is 19.1 Å². The Bertz CT molecular complexity index is 1340. The van der Waals surface area contributed by atoms with Gasteiger partial charge < -0.3 is 9.47 Å². The third-order valence-electron chi connectivity index (χ3n) is 4.93. The summed E-state index contributed by atoms with van der Waals surface area (Å²) in [5.74, 6) is -5.15. The molecule has 0 spiro atoms. The van der Waals surface area contributed by atoms with Gasteiger partial charge in [0.05, 0.1) is 0 Å². The summed E-state index contributed by atoms with van der Waals surface area (Å²) in [5, 5.41) is 0. The third-order valence-corrected chi connectivity index (χ3v) is 4.93. The lowest BCUT2D eigenvalue weighted by molar-refractivity contribution is -0.131. The van der Waals surface area contributed by atoms with Crippen molar-refractivity contribution in [1.82, 2.24) is 0 Å². The lowest BCUT2D eigenvalue weighted by atomic mass is 9.95. The maximum atomic E-state index is 14.8. The first-order chi connectivity index (χ1) is 16.0. The monoisotopic (exact) mass is 466 g/mol. The molecular weight excluding hydrogens is 445 g/mol. The van der Waals surface area contributed by atoms with Crippen molar-refractivity contribution in [2.45, 2.75) is 20.8 Å². The van der Waals surface area contributed by atoms with Crippen molar-refractivity contribution in [1.29, 1.82) is 0 Å². The Kier molecular flexibility index (Phi) is 7.05. The van der Waals surface area contributed by atoms with E-state index in [-0.39, 0.29) is 28.0 Å². The van der Waals surface area contributed by atoms with Crippen molar-refractivity contribution in [2.75, 3.05) is 0 Å². The lowest BCUT2D eigenvalue weighted by Gasteiger charge is -2.13. The molecule has 0 amide bonds. The number of ether oxygens (including phenoxy) is 2. The van der Waals surface area contributed by atoms with Gasteiger partial charge in [0.15, 0.2) is 11.6 Å². The fourth-order valence-electron chi connectivity index (χ4n) is 3.13. The largest absolute Gasteiger partial charge is 0.423 e. The van der Waals surface area contributed by atoms with E-state index < -0.39 is 35.1 Å². The van der Waals surface area contributed by atoms with Crippen molar-refractivity contribution in [3.05, 3.63) is 95.9 Å². The normalized spacial score (nSPS) is 10.5. The number of rotatable bonds is 6. The maximum Gasteiger partial charge on any atom is 0.338 e. The Hall–Kier alpha value is -4.13. The van der Waals surface area contributed by atoms with Gasteiger partial charge in [0.1, 0.15) is 11.6 Å². The summed E-state index contributed by atoms with van der Waals surface area (Å²) < 4.78 is 53.8. The zero-order chi connectivity index (χ0) is 25.2. The molecule has 0 aliphatic rings. The minimum Gasteiger partial charge on any atom is -0.423 e. The number of hydrogen-bond acceptors (Lipinski definition) is 4. The summed E-state index contributed by atoms with van der Waals surface area (Å²) in [6.45, 7) is 11.4. The van der Waals surface area contributed by atoms with Crippen LogP contribution in [0.4, 0.5) is 13.2 Å². The van der Waals surface area contributed by atoms with E-state index >= 15 is 0 Å². The molecule has 0 aliphatic heterocycles. The second-order valence-corrected chi connectivity index (χ2v) is 7.75. The molecule has 3 aromatic carbocycles.